The Morgan fingerprint density at radius 2 is 1.79 bits per heavy atom. The average molecular weight is 599 g/mol. The summed E-state index contributed by atoms with van der Waals surface area (Å²) in [4.78, 5) is 20.3. The number of aryl methyl sites for hydroxylation is 1. The molecule has 14 heteroatoms. The molecule has 0 saturated carbocycles. The zero-order valence-corrected chi connectivity index (χ0v) is 22.7. The molecule has 0 aliphatic rings. The van der Waals surface area contributed by atoms with Gasteiger partial charge in [0.1, 0.15) is 12.4 Å². The summed E-state index contributed by atoms with van der Waals surface area (Å²) in [5.41, 5.74) is 6.80. The van der Waals surface area contributed by atoms with E-state index in [0.717, 1.165) is 18.2 Å². The molecule has 0 aliphatic heterocycles. The summed E-state index contributed by atoms with van der Waals surface area (Å²) in [5, 5.41) is 7.17. The Kier molecular flexibility index (Phi) is 7.85. The van der Waals surface area contributed by atoms with Crippen molar-refractivity contribution in [2.24, 2.45) is 0 Å². The highest BCUT2D eigenvalue weighted by molar-refractivity contribution is 5.94. The fourth-order valence-corrected chi connectivity index (χ4v) is 4.37. The summed E-state index contributed by atoms with van der Waals surface area (Å²) in [7, 11) is 1.44. The highest BCUT2D eigenvalue weighted by Crippen LogP contribution is 2.36. The van der Waals surface area contributed by atoms with Crippen LogP contribution < -0.4 is 20.5 Å². The van der Waals surface area contributed by atoms with Gasteiger partial charge in [-0.2, -0.15) is 18.3 Å². The monoisotopic (exact) mass is 598 g/mol. The number of amides is 1. The van der Waals surface area contributed by atoms with Crippen LogP contribution in [-0.4, -0.2) is 45.8 Å². The van der Waals surface area contributed by atoms with Crippen LogP contribution in [0.5, 0.6) is 11.5 Å². The molecule has 0 fully saturated rings. The van der Waals surface area contributed by atoms with Gasteiger partial charge in [-0.3, -0.25) is 4.79 Å². The first-order chi connectivity index (χ1) is 20.5. The Hall–Kier alpha value is -5.27. The molecule has 0 radical (unpaired) electrons. The first-order valence-electron chi connectivity index (χ1n) is 12.7. The van der Waals surface area contributed by atoms with Crippen LogP contribution in [0.15, 0.2) is 60.8 Å². The quantitative estimate of drug-likeness (QED) is 0.180. The summed E-state index contributed by atoms with van der Waals surface area (Å²) in [6.45, 7) is 1.77. The molecule has 0 atom stereocenters. The van der Waals surface area contributed by atoms with Gasteiger partial charge < -0.3 is 20.5 Å². The molecule has 222 valence electrons. The maximum atomic E-state index is 13.5. The third kappa shape index (κ3) is 6.03. The Morgan fingerprint density at radius 1 is 1.00 bits per heavy atom. The van der Waals surface area contributed by atoms with E-state index in [-0.39, 0.29) is 24.3 Å². The average Bonchev–Trinajstić information content (AvgIpc) is 3.31. The van der Waals surface area contributed by atoms with Gasteiger partial charge in [0.25, 0.3) is 5.91 Å². The zero-order valence-electron chi connectivity index (χ0n) is 22.7. The van der Waals surface area contributed by atoms with Gasteiger partial charge in [-0.15, -0.1) is 0 Å². The highest BCUT2D eigenvalue weighted by Gasteiger charge is 2.34. The number of benzene rings is 2. The Balaban J connectivity index is 1.35. The minimum atomic E-state index is -4.69. The number of alkyl halides is 3. The van der Waals surface area contributed by atoms with Crippen molar-refractivity contribution in [2.75, 3.05) is 26.0 Å². The van der Waals surface area contributed by atoms with E-state index in [1.54, 1.807) is 37.3 Å². The number of methoxy groups -OCH3 is 1. The van der Waals surface area contributed by atoms with Crippen LogP contribution in [0.2, 0.25) is 0 Å². The van der Waals surface area contributed by atoms with Crippen molar-refractivity contribution in [3.8, 4) is 34.0 Å². The molecule has 3 aromatic heterocycles. The van der Waals surface area contributed by atoms with Crippen LogP contribution in [-0.2, 0) is 6.18 Å². The first kappa shape index (κ1) is 29.2. The SMILES string of the molecule is COc1cc(-c2ccc3nc(C)c(-c4cnc(N)c(C(F)(F)F)c4)n3n2)ccc1OCCNC(=O)c1ccc(F)c(F)c1. The van der Waals surface area contributed by atoms with Crippen molar-refractivity contribution in [2.45, 2.75) is 13.1 Å². The Labute approximate surface area is 241 Å². The lowest BCUT2D eigenvalue weighted by molar-refractivity contribution is -0.137. The van der Waals surface area contributed by atoms with E-state index >= 15 is 0 Å². The van der Waals surface area contributed by atoms with E-state index in [2.05, 4.69) is 20.4 Å². The smallest absolute Gasteiger partial charge is 0.419 e. The van der Waals surface area contributed by atoms with Gasteiger partial charge in [0, 0.05) is 22.9 Å². The molecule has 43 heavy (non-hydrogen) atoms. The summed E-state index contributed by atoms with van der Waals surface area (Å²) in [6, 6.07) is 12.2. The molecule has 0 unspecified atom stereocenters. The van der Waals surface area contributed by atoms with Crippen molar-refractivity contribution < 1.29 is 36.2 Å². The summed E-state index contributed by atoms with van der Waals surface area (Å²) < 4.78 is 79.5. The molecule has 0 bridgehead atoms. The van der Waals surface area contributed by atoms with Crippen molar-refractivity contribution in [1.82, 2.24) is 24.9 Å². The number of carbonyl (C=O) groups excluding carboxylic acids is 1. The lowest BCUT2D eigenvalue weighted by Crippen LogP contribution is -2.28. The fraction of sp³-hybridized carbons (Fsp3) is 0.172. The number of aromatic nitrogens is 4. The van der Waals surface area contributed by atoms with E-state index in [1.807, 2.05) is 0 Å². The number of pyridine rings is 1. The van der Waals surface area contributed by atoms with Crippen molar-refractivity contribution in [3.63, 3.8) is 0 Å². The lowest BCUT2D eigenvalue weighted by atomic mass is 10.1. The molecule has 3 N–H and O–H groups in total. The molecular weight excluding hydrogens is 575 g/mol. The van der Waals surface area contributed by atoms with Crippen LogP contribution >= 0.6 is 0 Å². The standard InChI is InChI=1S/C29H23F5N6O3/c1-15-26(18-11-19(29(32,33)34)27(35)37-14-18)40-25(38-15)8-6-22(39-40)16-4-7-23(24(13-16)42-2)43-10-9-36-28(41)17-3-5-20(30)21(31)12-17/h3-8,11-14H,9-10H2,1-2H3,(H2,35,37)(H,36,41). The molecule has 3 heterocycles. The number of nitrogens with one attached hydrogen (secondary N) is 1. The van der Waals surface area contributed by atoms with E-state index in [4.69, 9.17) is 15.2 Å². The summed E-state index contributed by atoms with van der Waals surface area (Å²) in [5.74, 6) is -2.68. The molecule has 1 amide bonds. The van der Waals surface area contributed by atoms with Crippen LogP contribution in [0.4, 0.5) is 27.8 Å². The van der Waals surface area contributed by atoms with E-state index in [9.17, 15) is 26.7 Å². The van der Waals surface area contributed by atoms with E-state index in [1.165, 1.54) is 23.9 Å². The predicted octanol–water partition coefficient (Wildman–Crippen LogP) is 5.46. The van der Waals surface area contributed by atoms with Crippen molar-refractivity contribution >= 4 is 17.4 Å². The van der Waals surface area contributed by atoms with Gasteiger partial charge in [-0.05, 0) is 61.5 Å². The fourth-order valence-electron chi connectivity index (χ4n) is 4.37. The number of carbonyl (C=O) groups is 1. The summed E-state index contributed by atoms with van der Waals surface area (Å²) >= 11 is 0. The molecule has 9 nitrogen and oxygen atoms in total. The zero-order chi connectivity index (χ0) is 30.9. The predicted molar refractivity (Wildman–Crippen MR) is 147 cm³/mol. The number of rotatable bonds is 8. The van der Waals surface area contributed by atoms with Crippen LogP contribution in [0.25, 0.3) is 28.2 Å². The van der Waals surface area contributed by atoms with Gasteiger partial charge in [-0.1, -0.05) is 0 Å². The number of fused-ring (bicyclic) bond motifs is 1. The number of anilines is 1. The number of nitrogens with two attached hydrogens (primary N) is 1. The summed E-state index contributed by atoms with van der Waals surface area (Å²) in [6.07, 6.45) is -3.45. The number of hydrogen-bond acceptors (Lipinski definition) is 7. The second-order valence-corrected chi connectivity index (χ2v) is 9.29. The van der Waals surface area contributed by atoms with Crippen molar-refractivity contribution in [1.29, 1.82) is 0 Å². The Bertz CT molecular complexity index is 1840. The van der Waals surface area contributed by atoms with Gasteiger partial charge in [-0.25, -0.2) is 23.3 Å². The van der Waals surface area contributed by atoms with Gasteiger partial charge in [0.05, 0.1) is 36.3 Å². The molecule has 0 spiro atoms. The second-order valence-electron chi connectivity index (χ2n) is 9.29. The molecular formula is C29H23F5N6O3. The minimum Gasteiger partial charge on any atom is -0.493 e. The van der Waals surface area contributed by atoms with Crippen molar-refractivity contribution in [3.05, 3.63) is 89.2 Å². The number of halogens is 5. The number of hydrogen-bond donors (Lipinski definition) is 2. The number of imidazole rings is 1. The van der Waals surface area contributed by atoms with Gasteiger partial charge >= 0.3 is 6.18 Å². The third-order valence-corrected chi connectivity index (χ3v) is 6.44. The normalized spacial score (nSPS) is 11.5. The Morgan fingerprint density at radius 3 is 2.51 bits per heavy atom. The topological polar surface area (TPSA) is 117 Å². The molecule has 5 rings (SSSR count). The first-order valence-corrected chi connectivity index (χ1v) is 12.7. The highest BCUT2D eigenvalue weighted by atomic mass is 19.4. The maximum absolute atomic E-state index is 13.5. The number of nitrogen functional groups attached to an aromatic ring is 1. The van der Waals surface area contributed by atoms with Crippen LogP contribution in [0.1, 0.15) is 21.6 Å². The third-order valence-electron chi connectivity index (χ3n) is 6.44. The van der Waals surface area contributed by atoms with E-state index in [0.29, 0.717) is 39.8 Å². The second kappa shape index (κ2) is 11.5. The number of ether oxygens (including phenoxy) is 2. The van der Waals surface area contributed by atoms with E-state index < -0.39 is 35.1 Å². The van der Waals surface area contributed by atoms with Crippen LogP contribution in [0.3, 0.4) is 0 Å². The van der Waals surface area contributed by atoms with Gasteiger partial charge in [0.2, 0.25) is 0 Å². The molecule has 5 aromatic rings. The maximum Gasteiger partial charge on any atom is 0.419 e. The number of nitrogens with zero attached hydrogens (tertiary/aromatic N) is 4. The largest absolute Gasteiger partial charge is 0.493 e. The minimum absolute atomic E-state index is 0.0324. The molecule has 2 aromatic carbocycles. The molecule has 0 aliphatic carbocycles. The van der Waals surface area contributed by atoms with Gasteiger partial charge in [0.15, 0.2) is 28.8 Å². The molecule has 0 saturated heterocycles. The van der Waals surface area contributed by atoms with Crippen LogP contribution in [0, 0.1) is 18.6 Å². The lowest BCUT2D eigenvalue weighted by Gasteiger charge is -2.13.